The summed E-state index contributed by atoms with van der Waals surface area (Å²) in [5.41, 5.74) is 3.21. The number of rotatable bonds is 2. The van der Waals surface area contributed by atoms with Crippen LogP contribution in [-0.2, 0) is 4.79 Å². The number of benzene rings is 1. The number of allylic oxidation sites excluding steroid dienone is 7. The average molecular weight is 308 g/mol. The highest BCUT2D eigenvalue weighted by atomic mass is 16.5. The summed E-state index contributed by atoms with van der Waals surface area (Å²) < 4.78 is 7.08. The van der Waals surface area contributed by atoms with Crippen molar-refractivity contribution in [2.24, 2.45) is 0 Å². The third-order valence-corrected chi connectivity index (χ3v) is 3.98. The van der Waals surface area contributed by atoms with E-state index in [1.165, 1.54) is 0 Å². The number of hydrogen-bond acceptors (Lipinski definition) is 3. The van der Waals surface area contributed by atoms with Gasteiger partial charge in [-0.05, 0) is 35.4 Å². The lowest BCUT2D eigenvalue weighted by Crippen LogP contribution is -2.23. The fourth-order valence-electron chi connectivity index (χ4n) is 2.62. The van der Waals surface area contributed by atoms with Crippen LogP contribution in [0.3, 0.4) is 0 Å². The Kier molecular flexibility index (Phi) is 3.74. The largest absolute Gasteiger partial charge is 0.506 e. The molecule has 2 aliphatic carbocycles. The standard InChI is InChI=1S/C19H17NO3/c1-20(2)14-8-4-12(5-9-14)16-18(21)17(19(16)22)13-6-10-15(23-3)11-7-13/h4-11H,1-3H3/p+1. The van der Waals surface area contributed by atoms with Gasteiger partial charge in [0.15, 0.2) is 5.71 Å². The predicted molar refractivity (Wildman–Crippen MR) is 90.0 cm³/mol. The number of hydrogen-bond donors (Lipinski definition) is 1. The van der Waals surface area contributed by atoms with Crippen molar-refractivity contribution in [3.8, 4) is 5.75 Å². The van der Waals surface area contributed by atoms with Gasteiger partial charge in [-0.25, -0.2) is 4.58 Å². The van der Waals surface area contributed by atoms with E-state index in [4.69, 9.17) is 4.74 Å². The van der Waals surface area contributed by atoms with Crippen LogP contribution in [0.1, 0.15) is 5.56 Å². The quantitative estimate of drug-likeness (QED) is 0.675. The number of carbonyl (C=O) groups excluding carboxylic acids is 1. The van der Waals surface area contributed by atoms with Crippen LogP contribution < -0.4 is 4.74 Å². The zero-order valence-corrected chi connectivity index (χ0v) is 13.3. The predicted octanol–water partition coefficient (Wildman–Crippen LogP) is 2.68. The molecule has 4 heteroatoms. The first-order valence-electron chi connectivity index (χ1n) is 7.30. The summed E-state index contributed by atoms with van der Waals surface area (Å²) in [5.74, 6) is 0.632. The molecule has 3 rings (SSSR count). The fourth-order valence-corrected chi connectivity index (χ4v) is 2.62. The van der Waals surface area contributed by atoms with Crippen molar-refractivity contribution in [1.82, 2.24) is 0 Å². The summed E-state index contributed by atoms with van der Waals surface area (Å²) in [6.07, 6.45) is 7.55. The minimum absolute atomic E-state index is 0.0535. The second-order valence-electron chi connectivity index (χ2n) is 5.60. The van der Waals surface area contributed by atoms with E-state index in [-0.39, 0.29) is 11.5 Å². The lowest BCUT2D eigenvalue weighted by Gasteiger charge is -2.23. The Morgan fingerprint density at radius 3 is 2.04 bits per heavy atom. The Morgan fingerprint density at radius 2 is 1.57 bits per heavy atom. The average Bonchev–Trinajstić information content (AvgIpc) is 2.56. The van der Waals surface area contributed by atoms with E-state index in [9.17, 15) is 9.90 Å². The summed E-state index contributed by atoms with van der Waals surface area (Å²) in [6, 6.07) is 7.09. The molecule has 0 radical (unpaired) electrons. The highest BCUT2D eigenvalue weighted by molar-refractivity contribution is 6.39. The Morgan fingerprint density at radius 1 is 0.957 bits per heavy atom. The van der Waals surface area contributed by atoms with E-state index < -0.39 is 0 Å². The molecule has 0 atom stereocenters. The molecule has 0 amide bonds. The van der Waals surface area contributed by atoms with Gasteiger partial charge in [-0.1, -0.05) is 12.1 Å². The topological polar surface area (TPSA) is 49.5 Å². The van der Waals surface area contributed by atoms with E-state index >= 15 is 0 Å². The van der Waals surface area contributed by atoms with Gasteiger partial charge in [-0.15, -0.1) is 0 Å². The van der Waals surface area contributed by atoms with Crippen molar-refractivity contribution in [2.75, 3.05) is 21.2 Å². The van der Waals surface area contributed by atoms with Crippen LogP contribution in [0, 0.1) is 0 Å². The molecule has 0 saturated carbocycles. The molecule has 0 spiro atoms. The molecule has 116 valence electrons. The maximum atomic E-state index is 12.4. The van der Waals surface area contributed by atoms with Crippen LogP contribution in [0.4, 0.5) is 0 Å². The summed E-state index contributed by atoms with van der Waals surface area (Å²) >= 11 is 0. The van der Waals surface area contributed by atoms with Gasteiger partial charge in [0.25, 0.3) is 0 Å². The molecular weight excluding hydrogens is 290 g/mol. The number of aliphatic hydroxyl groups excluding tert-OH is 1. The van der Waals surface area contributed by atoms with Crippen LogP contribution in [0.25, 0.3) is 5.57 Å². The van der Waals surface area contributed by atoms with Gasteiger partial charge in [0.2, 0.25) is 5.78 Å². The van der Waals surface area contributed by atoms with Crippen molar-refractivity contribution in [1.29, 1.82) is 0 Å². The lowest BCUT2D eigenvalue weighted by molar-refractivity contribution is -0.462. The van der Waals surface area contributed by atoms with Crippen molar-refractivity contribution >= 4 is 17.1 Å². The molecular formula is C19H18NO3+. The Bertz CT molecular complexity index is 812. The van der Waals surface area contributed by atoms with Gasteiger partial charge in [-0.2, -0.15) is 0 Å². The van der Waals surface area contributed by atoms with E-state index in [1.54, 1.807) is 31.4 Å². The van der Waals surface area contributed by atoms with Crippen molar-refractivity contribution < 1.29 is 19.2 Å². The van der Waals surface area contributed by atoms with Crippen molar-refractivity contribution in [3.05, 3.63) is 71.0 Å². The molecule has 0 fully saturated rings. The first-order chi connectivity index (χ1) is 11.0. The Hall–Kier alpha value is -2.88. The van der Waals surface area contributed by atoms with E-state index in [0.717, 1.165) is 11.3 Å². The summed E-state index contributed by atoms with van der Waals surface area (Å²) in [4.78, 5) is 12.4. The summed E-state index contributed by atoms with van der Waals surface area (Å²) in [5, 5.41) is 10.3. The maximum absolute atomic E-state index is 12.4. The number of Topliss-reactive ketones (excluding diaryl/α,β-unsaturated/α-hetero) is 1. The van der Waals surface area contributed by atoms with Crippen molar-refractivity contribution in [3.63, 3.8) is 0 Å². The molecule has 0 heterocycles. The number of ether oxygens (including phenoxy) is 1. The van der Waals surface area contributed by atoms with Crippen LogP contribution in [0.15, 0.2) is 65.5 Å². The lowest BCUT2D eigenvalue weighted by atomic mass is 9.80. The number of aliphatic hydroxyl groups is 1. The second-order valence-corrected chi connectivity index (χ2v) is 5.60. The summed E-state index contributed by atoms with van der Waals surface area (Å²) in [6.45, 7) is 0. The number of methoxy groups -OCH3 is 1. The zero-order valence-electron chi connectivity index (χ0n) is 13.3. The van der Waals surface area contributed by atoms with E-state index in [2.05, 4.69) is 0 Å². The van der Waals surface area contributed by atoms with E-state index in [0.29, 0.717) is 22.5 Å². The number of carbonyl (C=O) groups is 1. The minimum atomic E-state index is -0.134. The van der Waals surface area contributed by atoms with Gasteiger partial charge in [-0.3, -0.25) is 4.79 Å². The summed E-state index contributed by atoms with van der Waals surface area (Å²) in [7, 11) is 5.50. The zero-order chi connectivity index (χ0) is 16.6. The number of ketones is 1. The first-order valence-corrected chi connectivity index (χ1v) is 7.30. The molecule has 0 saturated heterocycles. The molecule has 23 heavy (non-hydrogen) atoms. The smallest absolute Gasteiger partial charge is 0.201 e. The minimum Gasteiger partial charge on any atom is -0.506 e. The van der Waals surface area contributed by atoms with Crippen LogP contribution in [0.2, 0.25) is 0 Å². The van der Waals surface area contributed by atoms with Gasteiger partial charge < -0.3 is 9.84 Å². The van der Waals surface area contributed by atoms with Crippen LogP contribution >= 0.6 is 0 Å². The van der Waals surface area contributed by atoms with E-state index in [1.807, 2.05) is 43.0 Å². The Balaban J connectivity index is 1.97. The molecule has 0 aliphatic heterocycles. The van der Waals surface area contributed by atoms with Crippen LogP contribution in [-0.4, -0.2) is 42.4 Å². The second kappa shape index (κ2) is 5.72. The third kappa shape index (κ3) is 2.52. The van der Waals surface area contributed by atoms with Gasteiger partial charge in [0, 0.05) is 12.2 Å². The molecule has 0 bridgehead atoms. The Labute approximate surface area is 135 Å². The van der Waals surface area contributed by atoms with Crippen molar-refractivity contribution in [2.45, 2.75) is 0 Å². The van der Waals surface area contributed by atoms with Gasteiger partial charge in [0.05, 0.1) is 18.3 Å². The maximum Gasteiger partial charge on any atom is 0.201 e. The molecule has 2 aliphatic rings. The molecule has 0 aromatic heterocycles. The number of nitrogens with zero attached hydrogens (tertiary/aromatic N) is 1. The molecule has 1 aromatic rings. The van der Waals surface area contributed by atoms with Crippen LogP contribution in [0.5, 0.6) is 5.75 Å². The monoisotopic (exact) mass is 308 g/mol. The highest BCUT2D eigenvalue weighted by Gasteiger charge is 2.36. The normalized spacial score (nSPS) is 16.8. The molecule has 0 unspecified atom stereocenters. The van der Waals surface area contributed by atoms with Gasteiger partial charge >= 0.3 is 0 Å². The highest BCUT2D eigenvalue weighted by Crippen LogP contribution is 2.39. The van der Waals surface area contributed by atoms with Gasteiger partial charge in [0.1, 0.15) is 25.6 Å². The third-order valence-electron chi connectivity index (χ3n) is 3.98. The molecule has 1 N–H and O–H groups in total. The molecule has 4 nitrogen and oxygen atoms in total. The first kappa shape index (κ1) is 15.0. The fraction of sp³-hybridized carbons (Fsp3) is 0.158. The molecule has 1 aromatic carbocycles. The SMILES string of the molecule is COc1ccc(C2=C(O)C(=C3C=CC(=[N+](C)C)C=C3)C2=O)cc1.